The molecule has 1 aromatic rings. The number of nitrogens with zero attached hydrogens (tertiary/aromatic N) is 3. The summed E-state index contributed by atoms with van der Waals surface area (Å²) in [5.74, 6) is 0.174. The van der Waals surface area contributed by atoms with Gasteiger partial charge in [0.15, 0.2) is 0 Å². The lowest BCUT2D eigenvalue weighted by Gasteiger charge is -2.35. The number of rotatable bonds is 4. The van der Waals surface area contributed by atoms with Crippen LogP contribution in [0.5, 0.6) is 0 Å². The summed E-state index contributed by atoms with van der Waals surface area (Å²) in [7, 11) is 0. The Morgan fingerprint density at radius 2 is 2.15 bits per heavy atom. The highest BCUT2D eigenvalue weighted by molar-refractivity contribution is 8.00. The van der Waals surface area contributed by atoms with E-state index < -0.39 is 0 Å². The van der Waals surface area contributed by atoms with Gasteiger partial charge < -0.3 is 9.80 Å². The van der Waals surface area contributed by atoms with Crippen molar-refractivity contribution in [1.29, 1.82) is 0 Å². The number of piperazine rings is 1. The molecule has 1 saturated heterocycles. The van der Waals surface area contributed by atoms with Crippen LogP contribution in [-0.2, 0) is 4.79 Å². The molecule has 1 fully saturated rings. The summed E-state index contributed by atoms with van der Waals surface area (Å²) in [6.45, 7) is 8.67. The van der Waals surface area contributed by atoms with Crippen LogP contribution in [0, 0.1) is 0 Å². The predicted octanol–water partition coefficient (Wildman–Crippen LogP) is 2.38. The van der Waals surface area contributed by atoms with Crippen LogP contribution in [0.25, 0.3) is 0 Å². The van der Waals surface area contributed by atoms with E-state index in [2.05, 4.69) is 16.8 Å². The van der Waals surface area contributed by atoms with Gasteiger partial charge in [0.1, 0.15) is 5.03 Å². The van der Waals surface area contributed by atoms with E-state index in [1.165, 1.54) is 11.8 Å². The second kappa shape index (κ2) is 7.29. The minimum atomic E-state index is -0.157. The number of carbonyl (C=O) groups is 1. The standard InChI is InChI=1S/C14H20ClN3OS/c1-3-17-7-9-18(10-8-17)14(19)11(2)20-13-12(15)5-4-6-16-13/h4-6,11H,3,7-10H2,1-2H3. The lowest BCUT2D eigenvalue weighted by atomic mass is 10.3. The molecule has 0 aliphatic carbocycles. The third-order valence-electron chi connectivity index (χ3n) is 3.49. The molecule has 0 N–H and O–H groups in total. The van der Waals surface area contributed by atoms with E-state index in [4.69, 9.17) is 11.6 Å². The van der Waals surface area contributed by atoms with Crippen LogP contribution in [0.1, 0.15) is 13.8 Å². The molecule has 2 heterocycles. The Hall–Kier alpha value is -0.780. The van der Waals surface area contributed by atoms with E-state index in [1.54, 1.807) is 18.3 Å². The quantitative estimate of drug-likeness (QED) is 0.800. The first-order valence-corrected chi connectivity index (χ1v) is 8.16. The number of amides is 1. The lowest BCUT2D eigenvalue weighted by molar-refractivity contribution is -0.132. The van der Waals surface area contributed by atoms with Crippen molar-refractivity contribution in [3.05, 3.63) is 23.4 Å². The van der Waals surface area contributed by atoms with Crippen molar-refractivity contribution in [2.75, 3.05) is 32.7 Å². The maximum absolute atomic E-state index is 12.4. The van der Waals surface area contributed by atoms with E-state index >= 15 is 0 Å². The molecule has 4 nitrogen and oxygen atoms in total. The summed E-state index contributed by atoms with van der Waals surface area (Å²) in [6, 6.07) is 3.59. The zero-order chi connectivity index (χ0) is 14.5. The monoisotopic (exact) mass is 313 g/mol. The first-order valence-electron chi connectivity index (χ1n) is 6.90. The Morgan fingerprint density at radius 1 is 1.45 bits per heavy atom. The molecule has 0 radical (unpaired) electrons. The first kappa shape index (κ1) is 15.6. The molecule has 0 saturated carbocycles. The smallest absolute Gasteiger partial charge is 0.235 e. The highest BCUT2D eigenvalue weighted by atomic mass is 35.5. The molecule has 1 amide bonds. The van der Waals surface area contributed by atoms with Crippen LogP contribution in [0.15, 0.2) is 23.4 Å². The molecule has 1 unspecified atom stereocenters. The minimum absolute atomic E-state index is 0.157. The Bertz CT molecular complexity index is 463. The number of halogens is 1. The predicted molar refractivity (Wildman–Crippen MR) is 83.3 cm³/mol. The Morgan fingerprint density at radius 3 is 2.75 bits per heavy atom. The van der Waals surface area contributed by atoms with Gasteiger partial charge in [-0.2, -0.15) is 0 Å². The fraction of sp³-hybridized carbons (Fsp3) is 0.571. The summed E-state index contributed by atoms with van der Waals surface area (Å²) < 4.78 is 0. The minimum Gasteiger partial charge on any atom is -0.339 e. The van der Waals surface area contributed by atoms with Gasteiger partial charge in [-0.1, -0.05) is 30.3 Å². The summed E-state index contributed by atoms with van der Waals surface area (Å²) in [5, 5.41) is 1.17. The van der Waals surface area contributed by atoms with Crippen molar-refractivity contribution in [3.8, 4) is 0 Å². The van der Waals surface area contributed by atoms with E-state index in [1.807, 2.05) is 11.8 Å². The average molecular weight is 314 g/mol. The second-order valence-electron chi connectivity index (χ2n) is 4.81. The third kappa shape index (κ3) is 3.87. The van der Waals surface area contributed by atoms with E-state index in [9.17, 15) is 4.79 Å². The van der Waals surface area contributed by atoms with Crippen LogP contribution < -0.4 is 0 Å². The number of pyridine rings is 1. The van der Waals surface area contributed by atoms with Crippen LogP contribution in [0.2, 0.25) is 5.02 Å². The normalized spacial score (nSPS) is 18.1. The van der Waals surface area contributed by atoms with Gasteiger partial charge in [0, 0.05) is 32.4 Å². The number of likely N-dealkylation sites (N-methyl/N-ethyl adjacent to an activating group) is 1. The molecule has 110 valence electrons. The van der Waals surface area contributed by atoms with Crippen molar-refractivity contribution in [3.63, 3.8) is 0 Å². The molecular formula is C14H20ClN3OS. The average Bonchev–Trinajstić information content (AvgIpc) is 2.49. The molecule has 0 aromatic carbocycles. The molecule has 20 heavy (non-hydrogen) atoms. The van der Waals surface area contributed by atoms with Gasteiger partial charge in [-0.3, -0.25) is 4.79 Å². The molecule has 1 aliphatic rings. The summed E-state index contributed by atoms with van der Waals surface area (Å²) in [5.41, 5.74) is 0. The number of thioether (sulfide) groups is 1. The van der Waals surface area contributed by atoms with Gasteiger partial charge in [0.2, 0.25) is 5.91 Å². The van der Waals surface area contributed by atoms with Crippen molar-refractivity contribution in [1.82, 2.24) is 14.8 Å². The maximum Gasteiger partial charge on any atom is 0.235 e. The molecule has 6 heteroatoms. The fourth-order valence-corrected chi connectivity index (χ4v) is 3.36. The molecule has 2 rings (SSSR count). The highest BCUT2D eigenvalue weighted by Gasteiger charge is 2.25. The van der Waals surface area contributed by atoms with Gasteiger partial charge in [-0.25, -0.2) is 4.98 Å². The van der Waals surface area contributed by atoms with Crippen LogP contribution in [-0.4, -0.2) is 58.7 Å². The molecule has 1 atom stereocenters. The number of hydrogen-bond acceptors (Lipinski definition) is 4. The molecule has 1 aromatic heterocycles. The van der Waals surface area contributed by atoms with Crippen LogP contribution in [0.3, 0.4) is 0 Å². The summed E-state index contributed by atoms with van der Waals surface area (Å²) in [6.07, 6.45) is 1.70. The van der Waals surface area contributed by atoms with Crippen LogP contribution >= 0.6 is 23.4 Å². The summed E-state index contributed by atoms with van der Waals surface area (Å²) >= 11 is 7.51. The summed E-state index contributed by atoms with van der Waals surface area (Å²) in [4.78, 5) is 21.0. The van der Waals surface area contributed by atoms with E-state index in [0.717, 1.165) is 37.7 Å². The maximum atomic E-state index is 12.4. The fourth-order valence-electron chi connectivity index (χ4n) is 2.22. The molecule has 0 spiro atoms. The Labute approximate surface area is 129 Å². The zero-order valence-electron chi connectivity index (χ0n) is 11.9. The number of aromatic nitrogens is 1. The van der Waals surface area contributed by atoms with Gasteiger partial charge in [-0.05, 0) is 25.6 Å². The van der Waals surface area contributed by atoms with Crippen molar-refractivity contribution in [2.24, 2.45) is 0 Å². The number of carbonyl (C=O) groups excluding carboxylic acids is 1. The van der Waals surface area contributed by atoms with Gasteiger partial charge in [-0.15, -0.1) is 0 Å². The Balaban J connectivity index is 1.91. The van der Waals surface area contributed by atoms with Crippen molar-refractivity contribution in [2.45, 2.75) is 24.1 Å². The van der Waals surface area contributed by atoms with E-state index in [-0.39, 0.29) is 11.2 Å². The van der Waals surface area contributed by atoms with Gasteiger partial charge >= 0.3 is 0 Å². The topological polar surface area (TPSA) is 36.4 Å². The van der Waals surface area contributed by atoms with Crippen molar-refractivity contribution >= 4 is 29.3 Å². The van der Waals surface area contributed by atoms with Gasteiger partial charge in [0.25, 0.3) is 0 Å². The number of hydrogen-bond donors (Lipinski definition) is 0. The van der Waals surface area contributed by atoms with Gasteiger partial charge in [0.05, 0.1) is 10.3 Å². The van der Waals surface area contributed by atoms with Crippen LogP contribution in [0.4, 0.5) is 0 Å². The molecule has 0 bridgehead atoms. The Kier molecular flexibility index (Phi) is 5.69. The van der Waals surface area contributed by atoms with E-state index in [0.29, 0.717) is 5.02 Å². The van der Waals surface area contributed by atoms with Crippen molar-refractivity contribution < 1.29 is 4.79 Å². The second-order valence-corrected chi connectivity index (χ2v) is 6.55. The first-order chi connectivity index (χ1) is 9.61. The largest absolute Gasteiger partial charge is 0.339 e. The highest BCUT2D eigenvalue weighted by Crippen LogP contribution is 2.28. The zero-order valence-corrected chi connectivity index (χ0v) is 13.5. The SMILES string of the molecule is CCN1CCN(C(=O)C(C)Sc2ncccc2Cl)CC1. The third-order valence-corrected chi connectivity index (χ3v) is 5.01. The molecule has 1 aliphatic heterocycles. The molecular weight excluding hydrogens is 294 g/mol. The lowest BCUT2D eigenvalue weighted by Crippen LogP contribution is -2.50.